The summed E-state index contributed by atoms with van der Waals surface area (Å²) in [5.74, 6) is -1.79. The van der Waals surface area contributed by atoms with Crippen LogP contribution in [-0.2, 0) is 48.2 Å². The fraction of sp³-hybridized carbons (Fsp3) is 0.440. The summed E-state index contributed by atoms with van der Waals surface area (Å²) in [6, 6.07) is 8.64. The summed E-state index contributed by atoms with van der Waals surface area (Å²) in [5, 5.41) is 49.2. The summed E-state index contributed by atoms with van der Waals surface area (Å²) in [5.41, 5.74) is 13.1. The van der Waals surface area contributed by atoms with E-state index in [1.165, 1.54) is 11.1 Å². The van der Waals surface area contributed by atoms with E-state index in [1.807, 2.05) is 25.3 Å². The number of pyridine rings is 2. The topological polar surface area (TPSA) is 210 Å². The van der Waals surface area contributed by atoms with Gasteiger partial charge in [-0.3, -0.25) is 4.79 Å². The van der Waals surface area contributed by atoms with Crippen molar-refractivity contribution < 1.29 is 39.1 Å². The molecule has 8 unspecified atom stereocenters. The van der Waals surface area contributed by atoms with E-state index in [0.29, 0.717) is 47.8 Å². The molecule has 0 saturated carbocycles. The number of aliphatic hydroxyl groups excluding tert-OH is 2. The number of phenolic OH excluding ortho intramolecular Hbond substituents is 2. The van der Waals surface area contributed by atoms with Crippen LogP contribution in [0.2, 0.25) is 0 Å². The molecule has 2 aliphatic carbocycles. The Bertz CT molecular complexity index is 2800. The van der Waals surface area contributed by atoms with Crippen LogP contribution in [0.1, 0.15) is 121 Å². The standard InChI is InChI=1S/C50H54N4O9/c1-5-23(2)49(60)62-39-19-35-44(59)42-38(58)18-28(21-55)61-46(42)43-40-33-14-15-52-47(51)41(33)31(11-8-25-7-9-27(57)17-34(25)36(40)22-56)30-13-12-29-26(16-37(30)50(39,4)63-45(35)43)20-53-48-32(29)10-6-24(3)54-48/h5,7,9,14-15,17-18,20,24,30-31,36-37,39-40,55-57,59H,6,8,10-13,16,19,21-22H2,1-4H3,(H2,51,52)(H,53,54). The van der Waals surface area contributed by atoms with Crippen LogP contribution in [0.3, 0.4) is 0 Å². The number of rotatable bonds is 4. The minimum absolute atomic E-state index is 0.00521. The predicted molar refractivity (Wildman–Crippen MR) is 236 cm³/mol. The highest BCUT2D eigenvalue weighted by Gasteiger charge is 2.57. The quantitative estimate of drug-likeness (QED) is 0.0817. The Morgan fingerprint density at radius 1 is 1.00 bits per heavy atom. The number of hydrogen-bond acceptors (Lipinski definition) is 13. The molecule has 4 bridgehead atoms. The minimum atomic E-state index is -1.28. The number of nitrogen functional groups attached to an aromatic ring is 1. The number of phenols is 2. The molecule has 2 aromatic carbocycles. The van der Waals surface area contributed by atoms with Crippen molar-refractivity contribution >= 4 is 28.6 Å². The maximum atomic E-state index is 14.2. The smallest absolute Gasteiger partial charge is 0.333 e. The Morgan fingerprint density at radius 3 is 2.59 bits per heavy atom. The summed E-state index contributed by atoms with van der Waals surface area (Å²) in [6.07, 6.45) is 9.46. The molecule has 0 fully saturated rings. The minimum Gasteiger partial charge on any atom is -0.508 e. The first-order valence-electron chi connectivity index (χ1n) is 22.3. The number of anilines is 2. The lowest BCUT2D eigenvalue weighted by Gasteiger charge is -2.51. The van der Waals surface area contributed by atoms with Gasteiger partial charge in [-0.15, -0.1) is 0 Å². The Labute approximate surface area is 365 Å². The third kappa shape index (κ3) is 6.40. The summed E-state index contributed by atoms with van der Waals surface area (Å²) in [7, 11) is 0. The lowest BCUT2D eigenvalue weighted by Crippen LogP contribution is -2.59. The number of nitrogens with one attached hydrogen (secondary N) is 1. The number of aromatic nitrogens is 2. The van der Waals surface area contributed by atoms with Crippen LogP contribution >= 0.6 is 0 Å². The summed E-state index contributed by atoms with van der Waals surface area (Å²) in [4.78, 5) is 38.0. The van der Waals surface area contributed by atoms with Crippen molar-refractivity contribution in [2.45, 2.75) is 121 Å². The number of esters is 1. The van der Waals surface area contributed by atoms with E-state index in [1.54, 1.807) is 38.3 Å². The van der Waals surface area contributed by atoms with Gasteiger partial charge in [0.15, 0.2) is 5.43 Å². The number of hydrogen-bond donors (Lipinski definition) is 6. The van der Waals surface area contributed by atoms with Gasteiger partial charge in [0.2, 0.25) is 0 Å². The van der Waals surface area contributed by atoms with Crippen LogP contribution in [0.15, 0.2) is 63.6 Å². The zero-order valence-corrected chi connectivity index (χ0v) is 36.0. The van der Waals surface area contributed by atoms with Gasteiger partial charge in [0.25, 0.3) is 0 Å². The van der Waals surface area contributed by atoms with Gasteiger partial charge in [0, 0.05) is 70.9 Å². The zero-order chi connectivity index (χ0) is 44.1. The predicted octanol–water partition coefficient (Wildman–Crippen LogP) is 6.76. The number of fused-ring (bicyclic) bond motifs is 11. The molecule has 3 aromatic heterocycles. The maximum Gasteiger partial charge on any atom is 0.333 e. The second kappa shape index (κ2) is 15.4. The second-order valence-corrected chi connectivity index (χ2v) is 18.5. The van der Waals surface area contributed by atoms with Gasteiger partial charge in [0.1, 0.15) is 63.9 Å². The highest BCUT2D eigenvalue weighted by Crippen LogP contribution is 2.60. The van der Waals surface area contributed by atoms with Gasteiger partial charge in [-0.25, -0.2) is 14.8 Å². The van der Waals surface area contributed by atoms with Crippen LogP contribution < -0.4 is 21.2 Å². The lowest BCUT2D eigenvalue weighted by molar-refractivity contribution is -0.168. The molecule has 328 valence electrons. The number of benzene rings is 2. The molecule has 5 aromatic rings. The van der Waals surface area contributed by atoms with E-state index < -0.39 is 48.2 Å². The number of carbonyl (C=O) groups is 1. The van der Waals surface area contributed by atoms with Crippen molar-refractivity contribution in [2.24, 2.45) is 11.8 Å². The molecule has 3 aliphatic heterocycles. The molecule has 13 nitrogen and oxygen atoms in total. The SMILES string of the molecule is CC=C(C)C(=O)OC1Cc2c3c(c4oc(CO)cc(=O)c4c2O)C2c4ccnc(N)c4C(CCc4ccc(O)cc4C2CO)C2CCc4c(cnc5c4CCC(C)N5)CC2C1(C)O3. The van der Waals surface area contributed by atoms with Crippen LogP contribution in [0.4, 0.5) is 11.6 Å². The lowest BCUT2D eigenvalue weighted by atomic mass is 9.62. The van der Waals surface area contributed by atoms with Crippen molar-refractivity contribution in [3.05, 3.63) is 120 Å². The Morgan fingerprint density at radius 2 is 1.81 bits per heavy atom. The van der Waals surface area contributed by atoms with Gasteiger partial charge in [-0.05, 0) is 136 Å². The normalized spacial score (nSPS) is 27.1. The number of aromatic hydroxyl groups is 2. The van der Waals surface area contributed by atoms with Crippen molar-refractivity contribution in [1.29, 1.82) is 0 Å². The first-order valence-corrected chi connectivity index (χ1v) is 22.3. The number of carbonyl (C=O) groups excluding carboxylic acids is 1. The molecule has 0 radical (unpaired) electrons. The Hall–Kier alpha value is -5.92. The monoisotopic (exact) mass is 854 g/mol. The second-order valence-electron chi connectivity index (χ2n) is 18.5. The largest absolute Gasteiger partial charge is 0.508 e. The molecule has 63 heavy (non-hydrogen) atoms. The van der Waals surface area contributed by atoms with E-state index in [-0.39, 0.29) is 63.7 Å². The fourth-order valence-electron chi connectivity index (χ4n) is 12.0. The van der Waals surface area contributed by atoms with E-state index in [2.05, 4.69) is 12.2 Å². The molecule has 8 atom stereocenters. The number of allylic oxidation sites excluding steroid dienone is 1. The molecular weight excluding hydrogens is 801 g/mol. The number of nitrogens with zero attached hydrogens (tertiary/aromatic N) is 2. The summed E-state index contributed by atoms with van der Waals surface area (Å²) >= 11 is 0. The molecule has 5 aliphatic rings. The average Bonchev–Trinajstić information content (AvgIpc) is 3.44. The highest BCUT2D eigenvalue weighted by molar-refractivity contribution is 5.92. The van der Waals surface area contributed by atoms with Crippen LogP contribution in [0.25, 0.3) is 11.0 Å². The fourth-order valence-corrected chi connectivity index (χ4v) is 12.0. The van der Waals surface area contributed by atoms with Crippen molar-refractivity contribution in [2.75, 3.05) is 17.7 Å². The van der Waals surface area contributed by atoms with E-state index in [0.717, 1.165) is 59.8 Å². The third-order valence-electron chi connectivity index (χ3n) is 15.3. The number of nitrogens with two attached hydrogens (primary N) is 1. The van der Waals surface area contributed by atoms with E-state index in [9.17, 15) is 30.0 Å². The summed E-state index contributed by atoms with van der Waals surface area (Å²) < 4.78 is 20.7. The van der Waals surface area contributed by atoms with Gasteiger partial charge >= 0.3 is 5.97 Å². The highest BCUT2D eigenvalue weighted by atomic mass is 16.6. The van der Waals surface area contributed by atoms with Gasteiger partial charge in [0.05, 0.1) is 6.61 Å². The maximum absolute atomic E-state index is 14.2. The van der Waals surface area contributed by atoms with Crippen LogP contribution in [0.5, 0.6) is 17.2 Å². The zero-order valence-electron chi connectivity index (χ0n) is 36.0. The van der Waals surface area contributed by atoms with Crippen molar-refractivity contribution in [3.8, 4) is 17.2 Å². The van der Waals surface area contributed by atoms with Crippen LogP contribution in [-0.4, -0.2) is 60.7 Å². The third-order valence-corrected chi connectivity index (χ3v) is 15.3. The van der Waals surface area contributed by atoms with Gasteiger partial charge in [-0.2, -0.15) is 0 Å². The summed E-state index contributed by atoms with van der Waals surface area (Å²) in [6.45, 7) is 6.65. The van der Waals surface area contributed by atoms with Crippen LogP contribution in [0, 0.1) is 11.8 Å². The molecule has 7 N–H and O–H groups in total. The molecule has 0 spiro atoms. The molecular formula is C50H54N4O9. The Balaban J connectivity index is 1.35. The number of aryl methyl sites for hydroxylation is 1. The van der Waals surface area contributed by atoms with Gasteiger partial charge in [-0.1, -0.05) is 12.1 Å². The van der Waals surface area contributed by atoms with Crippen molar-refractivity contribution in [1.82, 2.24) is 9.97 Å². The molecule has 13 heteroatoms. The Kier molecular flexibility index (Phi) is 10.1. The van der Waals surface area contributed by atoms with Crippen molar-refractivity contribution in [3.63, 3.8) is 0 Å². The van der Waals surface area contributed by atoms with E-state index in [4.69, 9.17) is 29.6 Å². The molecule has 0 amide bonds. The number of ether oxygens (including phenoxy) is 2. The number of aliphatic hydroxyl groups is 2. The first-order chi connectivity index (χ1) is 30.3. The molecule has 0 saturated heterocycles. The van der Waals surface area contributed by atoms with E-state index >= 15 is 0 Å². The first kappa shape index (κ1) is 41.1. The molecule has 6 heterocycles. The van der Waals surface area contributed by atoms with Gasteiger partial charge < -0.3 is 45.4 Å². The average molecular weight is 855 g/mol. The molecule has 10 rings (SSSR count).